The van der Waals surface area contributed by atoms with E-state index in [0.717, 1.165) is 11.1 Å². The maximum atomic E-state index is 13.7. The summed E-state index contributed by atoms with van der Waals surface area (Å²) in [5, 5.41) is 4.47. The Morgan fingerprint density at radius 1 is 0.931 bits per heavy atom. The van der Waals surface area contributed by atoms with Crippen LogP contribution in [0, 0.1) is 0 Å². The standard InChI is InChI=1S/C23H29N3O2S/c1-23(2,3)22-21(18-25(4)24-22)29(27,28)26(17-20-13-9-6-10-14-20)16-15-19-11-7-5-8-12-19/h5-14,18H,15-17H2,1-4H3. The summed E-state index contributed by atoms with van der Waals surface area (Å²) < 4.78 is 30.6. The molecule has 1 heterocycles. The summed E-state index contributed by atoms with van der Waals surface area (Å²) in [6, 6.07) is 19.7. The van der Waals surface area contributed by atoms with Crippen LogP contribution in [0.15, 0.2) is 71.8 Å². The third kappa shape index (κ3) is 5.14. The zero-order chi connectivity index (χ0) is 21.1. The molecule has 0 fully saturated rings. The largest absolute Gasteiger partial charge is 0.274 e. The van der Waals surface area contributed by atoms with Gasteiger partial charge in [-0.25, -0.2) is 8.42 Å². The molecule has 0 amide bonds. The van der Waals surface area contributed by atoms with E-state index < -0.39 is 10.0 Å². The normalized spacial score (nSPS) is 12.4. The van der Waals surface area contributed by atoms with Gasteiger partial charge in [-0.2, -0.15) is 9.40 Å². The zero-order valence-corrected chi connectivity index (χ0v) is 18.4. The van der Waals surface area contributed by atoms with E-state index in [0.29, 0.717) is 25.2 Å². The molecule has 0 atom stereocenters. The van der Waals surface area contributed by atoms with Gasteiger partial charge >= 0.3 is 0 Å². The van der Waals surface area contributed by atoms with Crippen LogP contribution in [0.25, 0.3) is 0 Å². The molecule has 3 aromatic rings. The van der Waals surface area contributed by atoms with E-state index in [9.17, 15) is 8.42 Å². The number of benzene rings is 2. The molecule has 0 bridgehead atoms. The number of hydrogen-bond donors (Lipinski definition) is 0. The quantitative estimate of drug-likeness (QED) is 0.587. The second-order valence-corrected chi connectivity index (χ2v) is 10.2. The molecule has 0 aliphatic heterocycles. The van der Waals surface area contributed by atoms with Crippen molar-refractivity contribution in [2.75, 3.05) is 6.54 Å². The van der Waals surface area contributed by atoms with Gasteiger partial charge in [0.05, 0.1) is 5.69 Å². The van der Waals surface area contributed by atoms with Crippen LogP contribution in [-0.2, 0) is 35.5 Å². The summed E-state index contributed by atoms with van der Waals surface area (Å²) >= 11 is 0. The minimum atomic E-state index is -3.71. The van der Waals surface area contributed by atoms with Crippen LogP contribution in [-0.4, -0.2) is 29.0 Å². The molecule has 0 spiro atoms. The molecule has 3 rings (SSSR count). The van der Waals surface area contributed by atoms with E-state index in [1.165, 1.54) is 0 Å². The van der Waals surface area contributed by atoms with Crippen molar-refractivity contribution in [3.05, 3.63) is 83.7 Å². The lowest BCUT2D eigenvalue weighted by Crippen LogP contribution is -2.34. The highest BCUT2D eigenvalue weighted by Gasteiger charge is 2.33. The Morgan fingerprint density at radius 2 is 1.48 bits per heavy atom. The second-order valence-electron chi connectivity index (χ2n) is 8.33. The molecule has 29 heavy (non-hydrogen) atoms. The summed E-state index contributed by atoms with van der Waals surface area (Å²) in [6.45, 7) is 6.69. The van der Waals surface area contributed by atoms with Crippen LogP contribution in [0.3, 0.4) is 0 Å². The molecular formula is C23H29N3O2S. The molecule has 0 saturated heterocycles. The van der Waals surface area contributed by atoms with Crippen LogP contribution in [0.4, 0.5) is 0 Å². The van der Waals surface area contributed by atoms with E-state index in [1.807, 2.05) is 81.4 Å². The predicted molar refractivity (Wildman–Crippen MR) is 116 cm³/mol. The third-order valence-corrected chi connectivity index (χ3v) is 6.66. The predicted octanol–water partition coefficient (Wildman–Crippen LogP) is 4.15. The molecule has 0 aliphatic rings. The highest BCUT2D eigenvalue weighted by Crippen LogP contribution is 2.30. The van der Waals surface area contributed by atoms with Gasteiger partial charge < -0.3 is 0 Å². The smallest absolute Gasteiger partial charge is 0.246 e. The fourth-order valence-electron chi connectivity index (χ4n) is 3.28. The third-order valence-electron chi connectivity index (χ3n) is 4.82. The molecule has 0 aliphatic carbocycles. The van der Waals surface area contributed by atoms with Crippen molar-refractivity contribution < 1.29 is 8.42 Å². The lowest BCUT2D eigenvalue weighted by molar-refractivity contribution is 0.407. The Kier molecular flexibility index (Phi) is 6.24. The zero-order valence-electron chi connectivity index (χ0n) is 17.5. The van der Waals surface area contributed by atoms with Crippen molar-refractivity contribution in [3.8, 4) is 0 Å². The van der Waals surface area contributed by atoms with Gasteiger partial charge in [-0.3, -0.25) is 4.68 Å². The number of aryl methyl sites for hydroxylation is 1. The van der Waals surface area contributed by atoms with E-state index in [-0.39, 0.29) is 10.3 Å². The van der Waals surface area contributed by atoms with E-state index in [2.05, 4.69) is 5.10 Å². The van der Waals surface area contributed by atoms with Crippen molar-refractivity contribution >= 4 is 10.0 Å². The molecule has 0 radical (unpaired) electrons. The van der Waals surface area contributed by atoms with Gasteiger partial charge in [0.2, 0.25) is 10.0 Å². The van der Waals surface area contributed by atoms with Crippen LogP contribution >= 0.6 is 0 Å². The summed E-state index contributed by atoms with van der Waals surface area (Å²) in [7, 11) is -1.95. The molecule has 2 aromatic carbocycles. The average molecular weight is 412 g/mol. The van der Waals surface area contributed by atoms with Crippen LogP contribution in [0.1, 0.15) is 37.6 Å². The monoisotopic (exact) mass is 411 g/mol. The number of aromatic nitrogens is 2. The Bertz CT molecular complexity index is 1040. The number of sulfonamides is 1. The Labute approximate surface area is 174 Å². The second kappa shape index (κ2) is 8.51. The summed E-state index contributed by atoms with van der Waals surface area (Å²) in [5.74, 6) is 0. The van der Waals surface area contributed by atoms with Gasteiger partial charge in [-0.05, 0) is 17.5 Å². The summed E-state index contributed by atoms with van der Waals surface area (Å²) in [5.41, 5.74) is 2.30. The van der Waals surface area contributed by atoms with Crippen molar-refractivity contribution in [2.45, 2.75) is 44.0 Å². The topological polar surface area (TPSA) is 55.2 Å². The van der Waals surface area contributed by atoms with Gasteiger partial charge in [0, 0.05) is 31.7 Å². The van der Waals surface area contributed by atoms with Gasteiger partial charge in [0.1, 0.15) is 4.90 Å². The minimum absolute atomic E-state index is 0.288. The first-order valence-corrected chi connectivity index (χ1v) is 11.2. The van der Waals surface area contributed by atoms with Gasteiger partial charge in [-0.1, -0.05) is 81.4 Å². The van der Waals surface area contributed by atoms with Crippen LogP contribution in [0.2, 0.25) is 0 Å². The molecule has 0 unspecified atom stereocenters. The Balaban J connectivity index is 1.98. The van der Waals surface area contributed by atoms with Crippen molar-refractivity contribution in [2.24, 2.45) is 7.05 Å². The first-order valence-electron chi connectivity index (χ1n) is 9.80. The van der Waals surface area contributed by atoms with Crippen LogP contribution in [0.5, 0.6) is 0 Å². The first kappa shape index (κ1) is 21.3. The van der Waals surface area contributed by atoms with Gasteiger partial charge in [-0.15, -0.1) is 0 Å². The fraction of sp³-hybridized carbons (Fsp3) is 0.348. The molecule has 5 nitrogen and oxygen atoms in total. The van der Waals surface area contributed by atoms with Crippen LogP contribution < -0.4 is 0 Å². The van der Waals surface area contributed by atoms with E-state index in [4.69, 9.17) is 0 Å². The van der Waals surface area contributed by atoms with Gasteiger partial charge in [0.25, 0.3) is 0 Å². The maximum absolute atomic E-state index is 13.7. The molecular weight excluding hydrogens is 382 g/mol. The summed E-state index contributed by atoms with van der Waals surface area (Å²) in [6.07, 6.45) is 2.27. The SMILES string of the molecule is Cn1cc(S(=O)(=O)N(CCc2ccccc2)Cc2ccccc2)c(C(C)(C)C)n1. The van der Waals surface area contributed by atoms with Gasteiger partial charge in [0.15, 0.2) is 0 Å². The minimum Gasteiger partial charge on any atom is -0.274 e. The first-order chi connectivity index (χ1) is 13.7. The number of hydrogen-bond acceptors (Lipinski definition) is 3. The Hall–Kier alpha value is -2.44. The van der Waals surface area contributed by atoms with E-state index in [1.54, 1.807) is 22.2 Å². The Morgan fingerprint density at radius 3 is 2.03 bits per heavy atom. The molecule has 6 heteroatoms. The molecule has 0 N–H and O–H groups in total. The van der Waals surface area contributed by atoms with Crippen molar-refractivity contribution in [3.63, 3.8) is 0 Å². The van der Waals surface area contributed by atoms with Crippen molar-refractivity contribution in [1.29, 1.82) is 0 Å². The number of rotatable bonds is 7. The highest BCUT2D eigenvalue weighted by molar-refractivity contribution is 7.89. The average Bonchev–Trinajstić information content (AvgIpc) is 3.10. The highest BCUT2D eigenvalue weighted by atomic mass is 32.2. The van der Waals surface area contributed by atoms with E-state index >= 15 is 0 Å². The molecule has 154 valence electrons. The summed E-state index contributed by atoms with van der Waals surface area (Å²) in [4.78, 5) is 0.288. The molecule has 0 saturated carbocycles. The lowest BCUT2D eigenvalue weighted by Gasteiger charge is -2.24. The lowest BCUT2D eigenvalue weighted by atomic mass is 9.92. The number of nitrogens with zero attached hydrogens (tertiary/aromatic N) is 3. The molecule has 1 aromatic heterocycles. The van der Waals surface area contributed by atoms with Crippen molar-refractivity contribution in [1.82, 2.24) is 14.1 Å². The maximum Gasteiger partial charge on any atom is 0.246 e. The fourth-order valence-corrected chi connectivity index (χ4v) is 5.09.